The van der Waals surface area contributed by atoms with E-state index in [2.05, 4.69) is 9.88 Å². The molecule has 0 saturated carbocycles. The van der Waals surface area contributed by atoms with Crippen LogP contribution in [0.2, 0.25) is 0 Å². The van der Waals surface area contributed by atoms with Crippen LogP contribution in [0.4, 0.5) is 0 Å². The first-order valence-electron chi connectivity index (χ1n) is 11.2. The van der Waals surface area contributed by atoms with Crippen molar-refractivity contribution in [2.24, 2.45) is 0 Å². The van der Waals surface area contributed by atoms with Crippen molar-refractivity contribution in [2.75, 3.05) is 39.4 Å². The Labute approximate surface area is 205 Å². The molecule has 0 bridgehead atoms. The van der Waals surface area contributed by atoms with Gasteiger partial charge in [0.25, 0.3) is 5.91 Å². The lowest BCUT2D eigenvalue weighted by Gasteiger charge is -2.31. The standard InChI is InChI=1S/C25H25N3O4S2/c1-16-23(34-24(26-16)17-6-3-2-4-7-17)21(29)19-20(18-8-5-15-33-18)28(25(31)22(19)30)10-9-27-11-13-32-14-12-27/h2-8,15,20,30H,9-14H2,1H3/t20-/m0/s1. The Kier molecular flexibility index (Phi) is 6.60. The fourth-order valence-corrected chi connectivity index (χ4v) is 6.24. The predicted molar refractivity (Wildman–Crippen MR) is 132 cm³/mol. The van der Waals surface area contributed by atoms with E-state index in [4.69, 9.17) is 4.74 Å². The number of morpholine rings is 1. The zero-order valence-corrected chi connectivity index (χ0v) is 20.4. The van der Waals surface area contributed by atoms with Crippen LogP contribution < -0.4 is 0 Å². The number of amides is 1. The van der Waals surface area contributed by atoms with E-state index in [9.17, 15) is 14.7 Å². The van der Waals surface area contributed by atoms with E-state index in [0.717, 1.165) is 28.5 Å². The van der Waals surface area contributed by atoms with Crippen molar-refractivity contribution in [3.05, 3.63) is 74.6 Å². The number of thiophene rings is 1. The number of rotatable bonds is 7. The molecule has 0 spiro atoms. The number of carbonyl (C=O) groups is 2. The van der Waals surface area contributed by atoms with Crippen LogP contribution in [0.25, 0.3) is 10.6 Å². The number of carbonyl (C=O) groups excluding carboxylic acids is 2. The van der Waals surface area contributed by atoms with Crippen LogP contribution in [0, 0.1) is 6.92 Å². The molecule has 2 aromatic heterocycles. The van der Waals surface area contributed by atoms with Gasteiger partial charge in [0.2, 0.25) is 5.78 Å². The second-order valence-electron chi connectivity index (χ2n) is 8.26. The molecule has 2 aliphatic rings. The van der Waals surface area contributed by atoms with Gasteiger partial charge in [0.15, 0.2) is 5.76 Å². The van der Waals surface area contributed by atoms with Gasteiger partial charge in [-0.3, -0.25) is 14.5 Å². The van der Waals surface area contributed by atoms with Gasteiger partial charge in [0.1, 0.15) is 5.01 Å². The van der Waals surface area contributed by atoms with Crippen LogP contribution >= 0.6 is 22.7 Å². The van der Waals surface area contributed by atoms with Crippen molar-refractivity contribution in [3.63, 3.8) is 0 Å². The molecule has 7 nitrogen and oxygen atoms in total. The lowest BCUT2D eigenvalue weighted by molar-refractivity contribution is -0.129. The van der Waals surface area contributed by atoms with Gasteiger partial charge in [0.05, 0.1) is 35.4 Å². The Morgan fingerprint density at radius 3 is 2.62 bits per heavy atom. The summed E-state index contributed by atoms with van der Waals surface area (Å²) in [4.78, 5) is 36.7. The number of aryl methyl sites for hydroxylation is 1. The van der Waals surface area contributed by atoms with E-state index in [1.54, 1.807) is 11.8 Å². The lowest BCUT2D eigenvalue weighted by Crippen LogP contribution is -2.43. The van der Waals surface area contributed by atoms with Crippen LogP contribution in [-0.2, 0) is 9.53 Å². The van der Waals surface area contributed by atoms with Crippen molar-refractivity contribution >= 4 is 34.4 Å². The third-order valence-electron chi connectivity index (χ3n) is 6.15. The molecule has 1 fully saturated rings. The van der Waals surface area contributed by atoms with Crippen molar-refractivity contribution < 1.29 is 19.4 Å². The van der Waals surface area contributed by atoms with Crippen molar-refractivity contribution in [3.8, 4) is 10.6 Å². The number of aromatic nitrogens is 1. The van der Waals surface area contributed by atoms with E-state index in [1.807, 2.05) is 47.8 Å². The van der Waals surface area contributed by atoms with E-state index in [0.29, 0.717) is 36.9 Å². The average molecular weight is 496 g/mol. The molecule has 176 valence electrons. The maximum atomic E-state index is 13.8. The van der Waals surface area contributed by atoms with Crippen molar-refractivity contribution in [2.45, 2.75) is 13.0 Å². The Bertz CT molecular complexity index is 1210. The normalized spacial score (nSPS) is 19.3. The first-order chi connectivity index (χ1) is 16.5. The molecule has 1 aromatic carbocycles. The van der Waals surface area contributed by atoms with Gasteiger partial charge in [-0.25, -0.2) is 4.98 Å². The zero-order chi connectivity index (χ0) is 23.7. The molecule has 2 aliphatic heterocycles. The fourth-order valence-electron chi connectivity index (χ4n) is 4.37. The molecule has 1 amide bonds. The van der Waals surface area contributed by atoms with Crippen LogP contribution in [0.1, 0.15) is 26.3 Å². The van der Waals surface area contributed by atoms with E-state index < -0.39 is 17.7 Å². The molecule has 4 heterocycles. The van der Waals surface area contributed by atoms with Crippen LogP contribution in [-0.4, -0.2) is 71.0 Å². The molecule has 0 aliphatic carbocycles. The minimum absolute atomic E-state index is 0.140. The summed E-state index contributed by atoms with van der Waals surface area (Å²) >= 11 is 2.77. The molecule has 3 aromatic rings. The van der Waals surface area contributed by atoms with Crippen LogP contribution in [0.3, 0.4) is 0 Å². The Morgan fingerprint density at radius 1 is 1.15 bits per heavy atom. The number of aliphatic hydroxyl groups is 1. The van der Waals surface area contributed by atoms with E-state index >= 15 is 0 Å². The zero-order valence-electron chi connectivity index (χ0n) is 18.8. The summed E-state index contributed by atoms with van der Waals surface area (Å²) in [5.41, 5.74) is 1.66. The molecule has 34 heavy (non-hydrogen) atoms. The number of nitrogens with zero attached hydrogens (tertiary/aromatic N) is 3. The summed E-state index contributed by atoms with van der Waals surface area (Å²) in [6.45, 7) is 5.82. The first-order valence-corrected chi connectivity index (χ1v) is 12.9. The van der Waals surface area contributed by atoms with Crippen LogP contribution in [0.15, 0.2) is 59.2 Å². The van der Waals surface area contributed by atoms with Gasteiger partial charge in [-0.05, 0) is 18.4 Å². The van der Waals surface area contributed by atoms with Gasteiger partial charge in [-0.2, -0.15) is 0 Å². The first kappa shape index (κ1) is 22.9. The fraction of sp³-hybridized carbons (Fsp3) is 0.320. The SMILES string of the molecule is Cc1nc(-c2ccccc2)sc1C(=O)C1=C(O)C(=O)N(CCN2CCOCC2)[C@H]1c1cccs1. The summed E-state index contributed by atoms with van der Waals surface area (Å²) in [5.74, 6) is -1.30. The molecule has 0 unspecified atom stereocenters. The Balaban J connectivity index is 1.46. The molecule has 0 radical (unpaired) electrons. The smallest absolute Gasteiger partial charge is 0.290 e. The number of ketones is 1. The van der Waals surface area contributed by atoms with Gasteiger partial charge < -0.3 is 14.7 Å². The van der Waals surface area contributed by atoms with Gasteiger partial charge >= 0.3 is 0 Å². The number of hydrogen-bond donors (Lipinski definition) is 1. The highest BCUT2D eigenvalue weighted by Crippen LogP contribution is 2.42. The van der Waals surface area contributed by atoms with Gasteiger partial charge in [0, 0.05) is 36.6 Å². The highest BCUT2D eigenvalue weighted by Gasteiger charge is 2.45. The molecule has 9 heteroatoms. The molecule has 1 saturated heterocycles. The largest absolute Gasteiger partial charge is 0.503 e. The number of ether oxygens (including phenoxy) is 1. The molecule has 5 rings (SSSR count). The number of thiazole rings is 1. The third kappa shape index (κ3) is 4.32. The molecule has 1 atom stereocenters. The minimum atomic E-state index is -0.609. The monoisotopic (exact) mass is 495 g/mol. The summed E-state index contributed by atoms with van der Waals surface area (Å²) < 4.78 is 5.41. The predicted octanol–water partition coefficient (Wildman–Crippen LogP) is 4.09. The highest BCUT2D eigenvalue weighted by atomic mass is 32.1. The molecule has 1 N–H and O–H groups in total. The Hall–Kier alpha value is -2.85. The molecular formula is C25H25N3O4S2. The molecular weight excluding hydrogens is 470 g/mol. The maximum Gasteiger partial charge on any atom is 0.290 e. The van der Waals surface area contributed by atoms with Crippen molar-refractivity contribution in [1.29, 1.82) is 0 Å². The van der Waals surface area contributed by atoms with Crippen LogP contribution in [0.5, 0.6) is 0 Å². The second kappa shape index (κ2) is 9.79. The summed E-state index contributed by atoms with van der Waals surface area (Å²) in [6, 6.07) is 12.9. The second-order valence-corrected chi connectivity index (χ2v) is 10.2. The summed E-state index contributed by atoms with van der Waals surface area (Å²) in [7, 11) is 0. The average Bonchev–Trinajstić information content (AvgIpc) is 3.58. The number of benzene rings is 1. The van der Waals surface area contributed by atoms with Crippen molar-refractivity contribution in [1.82, 2.24) is 14.8 Å². The Morgan fingerprint density at radius 2 is 1.91 bits per heavy atom. The number of hydrogen-bond acceptors (Lipinski definition) is 8. The topological polar surface area (TPSA) is 83.0 Å². The summed E-state index contributed by atoms with van der Waals surface area (Å²) in [6.07, 6.45) is 0. The highest BCUT2D eigenvalue weighted by molar-refractivity contribution is 7.17. The van der Waals surface area contributed by atoms with E-state index in [-0.39, 0.29) is 11.4 Å². The minimum Gasteiger partial charge on any atom is -0.503 e. The maximum absolute atomic E-state index is 13.8. The van der Waals surface area contributed by atoms with E-state index in [1.165, 1.54) is 22.7 Å². The quantitative estimate of drug-likeness (QED) is 0.497. The number of aliphatic hydroxyl groups excluding tert-OH is 1. The third-order valence-corrected chi connectivity index (χ3v) is 8.28. The summed E-state index contributed by atoms with van der Waals surface area (Å²) in [5, 5.41) is 13.6. The number of Topliss-reactive ketones (excluding diaryl/α,β-unsaturated/α-hetero) is 1. The van der Waals surface area contributed by atoms with Gasteiger partial charge in [-0.15, -0.1) is 22.7 Å². The lowest BCUT2D eigenvalue weighted by atomic mass is 10.0. The van der Waals surface area contributed by atoms with Gasteiger partial charge in [-0.1, -0.05) is 36.4 Å².